The topological polar surface area (TPSA) is 63.1 Å². The van der Waals surface area contributed by atoms with Crippen molar-refractivity contribution in [2.75, 3.05) is 0 Å². The Balaban J connectivity index is 0.000000274. The summed E-state index contributed by atoms with van der Waals surface area (Å²) in [7, 11) is 0. The van der Waals surface area contributed by atoms with Gasteiger partial charge in [-0.3, -0.25) is 9.78 Å². The Morgan fingerprint density at radius 3 is 2.16 bits per heavy atom. The van der Waals surface area contributed by atoms with Gasteiger partial charge in [-0.05, 0) is 61.3 Å². The third-order valence-corrected chi connectivity index (χ3v) is 10.6. The maximum Gasteiger partial charge on any atom is 0.164 e. The number of carbonyl (C=O) groups excluding carboxylic acids is 1. The van der Waals surface area contributed by atoms with Gasteiger partial charge >= 0.3 is 0 Å². The fourth-order valence-corrected chi connectivity index (χ4v) is 7.93. The molecule has 0 fully saturated rings. The van der Waals surface area contributed by atoms with Gasteiger partial charge in [-0.15, -0.1) is 35.1 Å². The number of aliphatic hydroxyl groups excluding tert-OH is 1. The van der Waals surface area contributed by atoms with Gasteiger partial charge in [-0.2, -0.15) is 0 Å². The average molecular weight is 850 g/mol. The minimum absolute atomic E-state index is 0. The Morgan fingerprint density at radius 1 is 0.816 bits per heavy atom. The number of rotatable bonds is 9. The van der Waals surface area contributed by atoms with Crippen molar-refractivity contribution in [1.29, 1.82) is 0 Å². The van der Waals surface area contributed by atoms with Crippen LogP contribution in [-0.4, -0.2) is 20.9 Å². The Hall–Kier alpha value is -3.44. The van der Waals surface area contributed by atoms with Gasteiger partial charge in [0.1, 0.15) is 16.9 Å². The van der Waals surface area contributed by atoms with Crippen LogP contribution in [0.1, 0.15) is 86.6 Å². The zero-order chi connectivity index (χ0) is 34.6. The van der Waals surface area contributed by atoms with E-state index in [1.54, 1.807) is 24.6 Å². The summed E-state index contributed by atoms with van der Waals surface area (Å²) < 4.78 is 1.24. The first-order chi connectivity index (χ1) is 23.0. The Kier molecular flexibility index (Phi) is 12.9. The third kappa shape index (κ3) is 8.14. The van der Waals surface area contributed by atoms with Crippen molar-refractivity contribution in [2.45, 2.75) is 87.5 Å². The van der Waals surface area contributed by atoms with Crippen LogP contribution in [0.15, 0.2) is 84.4 Å². The molecule has 0 bridgehead atoms. The Morgan fingerprint density at radius 2 is 1.49 bits per heavy atom. The molecule has 0 unspecified atom stereocenters. The Bertz CT molecular complexity index is 2100. The molecule has 4 aromatic carbocycles. The van der Waals surface area contributed by atoms with Crippen LogP contribution in [0.25, 0.3) is 53.1 Å². The SMILES string of the molecule is CC(C)(C)Cc1cccc2c(-c3ncnc4sc5ccc6ccccc6c5c34)[c-]ccc12.CCC(CC)C(=O)/C(C)=C(\O)C(CC)CC.[Ir]. The average Bonchev–Trinajstić information content (AvgIpc) is 3.48. The molecule has 6 heteroatoms. The number of fused-ring (bicyclic) bond motifs is 6. The predicted molar refractivity (Wildman–Crippen MR) is 206 cm³/mol. The van der Waals surface area contributed by atoms with Crippen LogP contribution in [0.5, 0.6) is 0 Å². The molecule has 0 aliphatic carbocycles. The second kappa shape index (κ2) is 16.5. The first kappa shape index (κ1) is 38.4. The first-order valence-corrected chi connectivity index (χ1v) is 18.3. The normalized spacial score (nSPS) is 12.4. The molecular formula is C43H49IrN2O2S-. The van der Waals surface area contributed by atoms with E-state index in [-0.39, 0.29) is 43.1 Å². The minimum atomic E-state index is 0. The molecule has 0 saturated heterocycles. The summed E-state index contributed by atoms with van der Waals surface area (Å²) in [6.45, 7) is 16.8. The molecule has 0 aliphatic rings. The number of nitrogens with zero attached hydrogens (tertiary/aromatic N) is 2. The molecule has 1 N–H and O–H groups in total. The zero-order valence-electron chi connectivity index (χ0n) is 30.1. The zero-order valence-corrected chi connectivity index (χ0v) is 33.3. The number of Topliss-reactive ketones (excluding diaryl/α,β-unsaturated/α-hetero) is 1. The van der Waals surface area contributed by atoms with Crippen molar-refractivity contribution in [3.8, 4) is 11.3 Å². The molecule has 6 rings (SSSR count). The van der Waals surface area contributed by atoms with Crippen molar-refractivity contribution in [3.63, 3.8) is 0 Å². The van der Waals surface area contributed by atoms with E-state index in [1.807, 2.05) is 33.8 Å². The van der Waals surface area contributed by atoms with Crippen molar-refractivity contribution in [1.82, 2.24) is 9.97 Å². The quantitative estimate of drug-likeness (QED) is 0.0894. The number of hydrogen-bond acceptors (Lipinski definition) is 5. The minimum Gasteiger partial charge on any atom is -0.512 e. The number of allylic oxidation sites excluding steroid dienone is 2. The maximum absolute atomic E-state index is 12.1. The van der Waals surface area contributed by atoms with E-state index >= 15 is 0 Å². The summed E-state index contributed by atoms with van der Waals surface area (Å²) in [6.07, 6.45) is 6.19. The van der Waals surface area contributed by atoms with E-state index in [1.165, 1.54) is 37.2 Å². The second-order valence-corrected chi connectivity index (χ2v) is 15.1. The molecular weight excluding hydrogens is 801 g/mol. The van der Waals surface area contributed by atoms with E-state index in [9.17, 15) is 9.90 Å². The summed E-state index contributed by atoms with van der Waals surface area (Å²) in [5.41, 5.74) is 4.19. The number of ketones is 1. The number of hydrogen-bond donors (Lipinski definition) is 1. The predicted octanol–water partition coefficient (Wildman–Crippen LogP) is 12.5. The first-order valence-electron chi connectivity index (χ1n) is 17.4. The molecule has 0 spiro atoms. The molecule has 0 atom stereocenters. The van der Waals surface area contributed by atoms with E-state index in [4.69, 9.17) is 4.98 Å². The molecule has 1 radical (unpaired) electrons. The monoisotopic (exact) mass is 850 g/mol. The second-order valence-electron chi connectivity index (χ2n) is 14.0. The van der Waals surface area contributed by atoms with E-state index in [0.29, 0.717) is 11.3 Å². The Labute approximate surface area is 309 Å². The molecule has 0 amide bonds. The number of aliphatic hydroxyl groups is 1. The largest absolute Gasteiger partial charge is 0.512 e. The summed E-state index contributed by atoms with van der Waals surface area (Å²) in [6, 6.07) is 27.4. The molecule has 0 aliphatic heterocycles. The smallest absolute Gasteiger partial charge is 0.164 e. The summed E-state index contributed by atoms with van der Waals surface area (Å²) in [4.78, 5) is 22.6. The van der Waals surface area contributed by atoms with Crippen LogP contribution in [0, 0.1) is 23.3 Å². The van der Waals surface area contributed by atoms with Crippen LogP contribution in [0.3, 0.4) is 0 Å². The fourth-order valence-electron chi connectivity index (χ4n) is 6.87. The van der Waals surface area contributed by atoms with Gasteiger partial charge < -0.3 is 5.11 Å². The van der Waals surface area contributed by atoms with Crippen molar-refractivity contribution >= 4 is 59.0 Å². The molecule has 0 saturated carbocycles. The van der Waals surface area contributed by atoms with Gasteiger partial charge in [0.15, 0.2) is 5.78 Å². The van der Waals surface area contributed by atoms with Gasteiger partial charge in [0, 0.05) is 58.7 Å². The number of aromatic nitrogens is 2. The number of benzene rings is 4. The van der Waals surface area contributed by atoms with Gasteiger partial charge in [0.25, 0.3) is 0 Å². The van der Waals surface area contributed by atoms with E-state index in [0.717, 1.165) is 53.6 Å². The van der Waals surface area contributed by atoms with Crippen LogP contribution < -0.4 is 0 Å². The number of carbonyl (C=O) groups is 1. The third-order valence-electron chi connectivity index (χ3n) is 9.54. The van der Waals surface area contributed by atoms with Crippen LogP contribution in [0.4, 0.5) is 0 Å². The van der Waals surface area contributed by atoms with Gasteiger partial charge in [-0.25, -0.2) is 4.98 Å². The molecule has 4 nitrogen and oxygen atoms in total. The molecule has 2 heterocycles. The summed E-state index contributed by atoms with van der Waals surface area (Å²) in [5, 5.41) is 17.4. The van der Waals surface area contributed by atoms with Crippen molar-refractivity contribution in [3.05, 3.63) is 96.0 Å². The fraction of sp³-hybridized carbons (Fsp3) is 0.372. The molecule has 49 heavy (non-hydrogen) atoms. The summed E-state index contributed by atoms with van der Waals surface area (Å²) >= 11 is 1.74. The molecule has 2 aromatic heterocycles. The van der Waals surface area contributed by atoms with Crippen molar-refractivity contribution in [2.24, 2.45) is 17.3 Å². The van der Waals surface area contributed by atoms with Crippen molar-refractivity contribution < 1.29 is 30.0 Å². The maximum atomic E-state index is 12.1. The standard InChI is InChI=1S/C29H23N2S.C14H26O2.Ir/c1-29(2,3)16-19-9-6-12-22-20(19)11-7-13-23(22)27-26-25-21-10-5-4-8-18(21)14-15-24(25)32-28(26)31-17-30-27;1-6-11(7-2)13(15)10(5)14(16)12(8-3)9-4;/h4-12,14-15,17H,16H2,1-3H3;11-12,15H,6-9H2,1-5H3;/q-1;;/b;13-10-;. The van der Waals surface area contributed by atoms with Crippen LogP contribution in [0.2, 0.25) is 0 Å². The van der Waals surface area contributed by atoms with Gasteiger partial charge in [0.05, 0.1) is 0 Å². The van der Waals surface area contributed by atoms with Gasteiger partial charge in [-0.1, -0.05) is 113 Å². The van der Waals surface area contributed by atoms with Gasteiger partial charge in [0.2, 0.25) is 0 Å². The van der Waals surface area contributed by atoms with Crippen LogP contribution >= 0.6 is 11.3 Å². The van der Waals surface area contributed by atoms with E-state index in [2.05, 4.69) is 92.5 Å². The number of thiophene rings is 1. The molecule has 259 valence electrons. The molecule has 6 aromatic rings. The van der Waals surface area contributed by atoms with Crippen LogP contribution in [-0.2, 0) is 31.3 Å². The van der Waals surface area contributed by atoms with E-state index < -0.39 is 0 Å². The summed E-state index contributed by atoms with van der Waals surface area (Å²) in [5.74, 6) is 0.631.